The van der Waals surface area contributed by atoms with E-state index in [1.807, 2.05) is 0 Å². The number of nitrogens with one attached hydrogen (secondary N) is 3. The maximum atomic E-state index is 12.9. The van der Waals surface area contributed by atoms with Gasteiger partial charge in [0.15, 0.2) is 5.96 Å². The summed E-state index contributed by atoms with van der Waals surface area (Å²) in [5.74, 6) is -5.27. The molecule has 1 aromatic rings. The Balaban J connectivity index is 2.90. The molecule has 210 valence electrons. The Hall–Kier alpha value is -4.24. The van der Waals surface area contributed by atoms with Gasteiger partial charge >= 0.3 is 5.97 Å². The molecule has 0 heterocycles. The highest BCUT2D eigenvalue weighted by atomic mass is 16.4. The molecule has 13 N–H and O–H groups in total. The summed E-state index contributed by atoms with van der Waals surface area (Å²) < 4.78 is 0. The standard InChI is InChI=1S/C23H36N8O7/c1-12(32)18(31-19(34)14(24)10-13-6-3-2-4-7-13)21(36)30-16(11-17(25)33)20(35)29-15(22(37)38)8-5-9-28-23(26)27/h2-4,6-7,12,14-16,18,32H,5,8-11,24H2,1H3,(H2,25,33)(H,29,35)(H,30,36)(H,31,34)(H,37,38)(H4,26,27,28). The Kier molecular flexibility index (Phi) is 13.2. The van der Waals surface area contributed by atoms with E-state index in [1.165, 1.54) is 6.92 Å². The fraction of sp³-hybridized carbons (Fsp3) is 0.478. The number of aliphatic imine (C=N–C) groups is 1. The largest absolute Gasteiger partial charge is 0.480 e. The van der Waals surface area contributed by atoms with Crippen LogP contribution in [0, 0.1) is 0 Å². The van der Waals surface area contributed by atoms with Crippen LogP contribution in [0.15, 0.2) is 35.3 Å². The topological polar surface area (TPSA) is 278 Å². The molecule has 0 aliphatic carbocycles. The van der Waals surface area contributed by atoms with E-state index in [0.717, 1.165) is 5.56 Å². The summed E-state index contributed by atoms with van der Waals surface area (Å²) in [5.41, 5.74) is 22.3. The maximum Gasteiger partial charge on any atom is 0.326 e. The minimum atomic E-state index is -1.59. The number of benzene rings is 1. The summed E-state index contributed by atoms with van der Waals surface area (Å²) in [5, 5.41) is 26.3. The average Bonchev–Trinajstić information content (AvgIpc) is 2.83. The Morgan fingerprint density at radius 3 is 2.05 bits per heavy atom. The fourth-order valence-corrected chi connectivity index (χ4v) is 3.33. The normalized spacial score (nSPS) is 14.6. The van der Waals surface area contributed by atoms with Crippen molar-refractivity contribution in [2.45, 2.75) is 62.9 Å². The predicted octanol–water partition coefficient (Wildman–Crippen LogP) is -3.59. The van der Waals surface area contributed by atoms with Gasteiger partial charge < -0.3 is 49.1 Å². The number of aliphatic hydroxyl groups excluding tert-OH is 1. The monoisotopic (exact) mass is 536 g/mol. The molecule has 0 fully saturated rings. The number of nitrogens with zero attached hydrogens (tertiary/aromatic N) is 1. The summed E-state index contributed by atoms with van der Waals surface area (Å²) >= 11 is 0. The van der Waals surface area contributed by atoms with Gasteiger partial charge in [0.2, 0.25) is 23.6 Å². The first-order valence-corrected chi connectivity index (χ1v) is 11.8. The van der Waals surface area contributed by atoms with Gasteiger partial charge in [-0.3, -0.25) is 24.2 Å². The predicted molar refractivity (Wildman–Crippen MR) is 137 cm³/mol. The van der Waals surface area contributed by atoms with Crippen LogP contribution in [0.4, 0.5) is 0 Å². The number of carbonyl (C=O) groups excluding carboxylic acids is 4. The zero-order valence-electron chi connectivity index (χ0n) is 21.0. The number of rotatable bonds is 16. The number of carbonyl (C=O) groups is 5. The van der Waals surface area contributed by atoms with Crippen LogP contribution in [0.25, 0.3) is 0 Å². The molecule has 0 aromatic heterocycles. The summed E-state index contributed by atoms with van der Waals surface area (Å²) in [4.78, 5) is 65.1. The summed E-state index contributed by atoms with van der Waals surface area (Å²) in [6.45, 7) is 1.35. The highest BCUT2D eigenvalue weighted by Crippen LogP contribution is 2.05. The summed E-state index contributed by atoms with van der Waals surface area (Å²) in [6.07, 6.45) is -1.77. The Bertz CT molecular complexity index is 999. The average molecular weight is 537 g/mol. The molecule has 0 spiro atoms. The Labute approximate surface area is 219 Å². The molecular weight excluding hydrogens is 500 g/mol. The van der Waals surface area contributed by atoms with E-state index in [-0.39, 0.29) is 31.8 Å². The van der Waals surface area contributed by atoms with Crippen molar-refractivity contribution in [1.82, 2.24) is 16.0 Å². The number of aliphatic hydroxyl groups is 1. The molecule has 38 heavy (non-hydrogen) atoms. The fourth-order valence-electron chi connectivity index (χ4n) is 3.33. The van der Waals surface area contributed by atoms with Crippen LogP contribution in [-0.4, -0.2) is 82.6 Å². The molecule has 0 bridgehead atoms. The zero-order chi connectivity index (χ0) is 28.8. The van der Waals surface area contributed by atoms with Crippen LogP contribution in [0.5, 0.6) is 0 Å². The summed E-state index contributed by atoms with van der Waals surface area (Å²) in [7, 11) is 0. The molecule has 1 rings (SSSR count). The van der Waals surface area contributed by atoms with Gasteiger partial charge in [-0.25, -0.2) is 4.79 Å². The molecule has 15 nitrogen and oxygen atoms in total. The lowest BCUT2D eigenvalue weighted by atomic mass is 10.0. The molecule has 4 amide bonds. The second kappa shape index (κ2) is 15.8. The van der Waals surface area contributed by atoms with Gasteiger partial charge in [0.25, 0.3) is 0 Å². The van der Waals surface area contributed by atoms with Gasteiger partial charge in [0, 0.05) is 6.54 Å². The number of hydrogen-bond donors (Lipinski definition) is 9. The van der Waals surface area contributed by atoms with E-state index in [9.17, 15) is 34.2 Å². The van der Waals surface area contributed by atoms with E-state index in [0.29, 0.717) is 0 Å². The van der Waals surface area contributed by atoms with Crippen molar-refractivity contribution in [2.24, 2.45) is 27.9 Å². The highest BCUT2D eigenvalue weighted by Gasteiger charge is 2.33. The molecule has 5 unspecified atom stereocenters. The van der Waals surface area contributed by atoms with Crippen LogP contribution in [0.3, 0.4) is 0 Å². The van der Waals surface area contributed by atoms with Crippen molar-refractivity contribution in [1.29, 1.82) is 0 Å². The molecule has 15 heteroatoms. The molecule has 0 aliphatic heterocycles. The molecule has 0 aliphatic rings. The third-order valence-corrected chi connectivity index (χ3v) is 5.30. The summed E-state index contributed by atoms with van der Waals surface area (Å²) in [6, 6.07) is 3.32. The second-order valence-corrected chi connectivity index (χ2v) is 8.60. The third kappa shape index (κ3) is 11.7. The van der Waals surface area contributed by atoms with Crippen LogP contribution in [-0.2, 0) is 30.4 Å². The van der Waals surface area contributed by atoms with Gasteiger partial charge in [-0.05, 0) is 31.7 Å². The van der Waals surface area contributed by atoms with Crippen LogP contribution in [0.1, 0.15) is 31.7 Å². The third-order valence-electron chi connectivity index (χ3n) is 5.30. The first-order valence-electron chi connectivity index (χ1n) is 11.8. The lowest BCUT2D eigenvalue weighted by molar-refractivity contribution is -0.142. The number of carboxylic acid groups (broad SMARTS) is 1. The quantitative estimate of drug-likeness (QED) is 0.0568. The van der Waals surface area contributed by atoms with Crippen molar-refractivity contribution in [3.63, 3.8) is 0 Å². The van der Waals surface area contributed by atoms with Crippen molar-refractivity contribution < 1.29 is 34.2 Å². The van der Waals surface area contributed by atoms with Gasteiger partial charge in [-0.2, -0.15) is 0 Å². The van der Waals surface area contributed by atoms with Gasteiger partial charge in [0.1, 0.15) is 18.1 Å². The number of carboxylic acids is 1. The molecule has 5 atom stereocenters. The minimum Gasteiger partial charge on any atom is -0.480 e. The maximum absolute atomic E-state index is 12.9. The number of hydrogen-bond acceptors (Lipinski definition) is 8. The number of primary amides is 1. The van der Waals surface area contributed by atoms with Gasteiger partial charge in [-0.1, -0.05) is 30.3 Å². The van der Waals surface area contributed by atoms with Crippen molar-refractivity contribution in [3.05, 3.63) is 35.9 Å². The number of nitrogens with two attached hydrogens (primary N) is 4. The zero-order valence-corrected chi connectivity index (χ0v) is 21.0. The molecule has 0 radical (unpaired) electrons. The van der Waals surface area contributed by atoms with Crippen LogP contribution in [0.2, 0.25) is 0 Å². The Morgan fingerprint density at radius 2 is 1.53 bits per heavy atom. The van der Waals surface area contributed by atoms with Gasteiger partial charge in [0.05, 0.1) is 18.6 Å². The highest BCUT2D eigenvalue weighted by molar-refractivity contribution is 5.96. The minimum absolute atomic E-state index is 0.0548. The first kappa shape index (κ1) is 31.8. The van der Waals surface area contributed by atoms with Crippen LogP contribution >= 0.6 is 0 Å². The van der Waals surface area contributed by atoms with E-state index in [1.54, 1.807) is 30.3 Å². The van der Waals surface area contributed by atoms with E-state index in [4.69, 9.17) is 22.9 Å². The molecule has 0 saturated carbocycles. The molecule has 0 saturated heterocycles. The van der Waals surface area contributed by atoms with Crippen molar-refractivity contribution in [2.75, 3.05) is 6.54 Å². The molecule has 1 aromatic carbocycles. The van der Waals surface area contributed by atoms with E-state index in [2.05, 4.69) is 20.9 Å². The number of guanidine groups is 1. The number of amides is 4. The first-order chi connectivity index (χ1) is 17.8. The Morgan fingerprint density at radius 1 is 0.921 bits per heavy atom. The van der Waals surface area contributed by atoms with Crippen molar-refractivity contribution in [3.8, 4) is 0 Å². The lowest BCUT2D eigenvalue weighted by Gasteiger charge is -2.26. The second-order valence-electron chi connectivity index (χ2n) is 8.60. The van der Waals surface area contributed by atoms with Crippen molar-refractivity contribution >= 4 is 35.6 Å². The number of aliphatic carboxylic acids is 1. The van der Waals surface area contributed by atoms with E-state index >= 15 is 0 Å². The van der Waals surface area contributed by atoms with Gasteiger partial charge in [-0.15, -0.1) is 0 Å². The smallest absolute Gasteiger partial charge is 0.326 e. The SMILES string of the molecule is CC(O)C(NC(=O)C(N)Cc1ccccc1)C(=O)NC(CC(N)=O)C(=O)NC(CCCN=C(N)N)C(=O)O. The van der Waals surface area contributed by atoms with E-state index < -0.39 is 66.3 Å². The lowest BCUT2D eigenvalue weighted by Crippen LogP contribution is -2.60. The molecular formula is C23H36N8O7. The van der Waals surface area contributed by atoms with Crippen LogP contribution < -0.4 is 38.9 Å².